The van der Waals surface area contributed by atoms with Crippen LogP contribution in [0.25, 0.3) is 0 Å². The number of nitrogens with zero attached hydrogens (tertiary/aromatic N) is 1. The second kappa shape index (κ2) is 5.97. The van der Waals surface area contributed by atoms with Gasteiger partial charge in [0.1, 0.15) is 0 Å². The number of carbonyl (C=O) groups excluding carboxylic acids is 2. The minimum absolute atomic E-state index is 0.00189. The van der Waals surface area contributed by atoms with Crippen LogP contribution in [0.3, 0.4) is 0 Å². The minimum Gasteiger partial charge on any atom is -0.352 e. The van der Waals surface area contributed by atoms with Crippen molar-refractivity contribution in [2.75, 3.05) is 20.1 Å². The molecule has 1 fully saturated rings. The molecular formula is C15H20N2O2. The normalized spacial score (nSPS) is 14.5. The highest BCUT2D eigenvalue weighted by atomic mass is 16.2. The Morgan fingerprint density at radius 1 is 1.32 bits per heavy atom. The first-order chi connectivity index (χ1) is 9.04. The predicted molar refractivity (Wildman–Crippen MR) is 74.2 cm³/mol. The first kappa shape index (κ1) is 13.7. The summed E-state index contributed by atoms with van der Waals surface area (Å²) < 4.78 is 0. The van der Waals surface area contributed by atoms with Gasteiger partial charge in [-0.3, -0.25) is 14.5 Å². The first-order valence-corrected chi connectivity index (χ1v) is 6.62. The van der Waals surface area contributed by atoms with Crippen molar-refractivity contribution < 1.29 is 9.59 Å². The summed E-state index contributed by atoms with van der Waals surface area (Å²) in [5, 5.41) is 2.91. The van der Waals surface area contributed by atoms with Gasteiger partial charge in [-0.1, -0.05) is 23.8 Å². The molecule has 1 aromatic rings. The number of amides is 1. The van der Waals surface area contributed by atoms with E-state index >= 15 is 0 Å². The van der Waals surface area contributed by atoms with E-state index in [1.54, 1.807) is 11.9 Å². The third-order valence-electron chi connectivity index (χ3n) is 3.11. The molecule has 4 nitrogen and oxygen atoms in total. The van der Waals surface area contributed by atoms with E-state index in [-0.39, 0.29) is 24.8 Å². The SMILES string of the molecule is Cc1cccc(C(=O)CN(C)CC(=O)NC2CC2)c1. The molecule has 1 saturated carbocycles. The lowest BCUT2D eigenvalue weighted by Crippen LogP contribution is -2.38. The molecular weight excluding hydrogens is 240 g/mol. The summed E-state index contributed by atoms with van der Waals surface area (Å²) in [6.45, 7) is 2.50. The van der Waals surface area contributed by atoms with Crippen LogP contribution in [-0.2, 0) is 4.79 Å². The zero-order chi connectivity index (χ0) is 13.8. The summed E-state index contributed by atoms with van der Waals surface area (Å²) >= 11 is 0. The number of nitrogens with one attached hydrogen (secondary N) is 1. The summed E-state index contributed by atoms with van der Waals surface area (Å²) in [4.78, 5) is 25.4. The van der Waals surface area contributed by atoms with Crippen molar-refractivity contribution in [3.63, 3.8) is 0 Å². The third-order valence-corrected chi connectivity index (χ3v) is 3.11. The summed E-state index contributed by atoms with van der Waals surface area (Å²) in [6, 6.07) is 7.90. The molecule has 0 unspecified atom stereocenters. The second-order valence-electron chi connectivity index (χ2n) is 5.31. The molecule has 102 valence electrons. The van der Waals surface area contributed by atoms with Crippen molar-refractivity contribution >= 4 is 11.7 Å². The fourth-order valence-electron chi connectivity index (χ4n) is 1.96. The number of likely N-dealkylation sites (N-methyl/N-ethyl adjacent to an activating group) is 1. The Hall–Kier alpha value is -1.68. The molecule has 0 atom stereocenters. The van der Waals surface area contributed by atoms with Gasteiger partial charge in [-0.15, -0.1) is 0 Å². The molecule has 0 radical (unpaired) electrons. The van der Waals surface area contributed by atoms with Crippen LogP contribution in [0, 0.1) is 6.92 Å². The summed E-state index contributed by atoms with van der Waals surface area (Å²) in [5.74, 6) is 0.0486. The van der Waals surface area contributed by atoms with Gasteiger partial charge in [0.05, 0.1) is 13.1 Å². The standard InChI is InChI=1S/C15H20N2O2/c1-11-4-3-5-12(8-11)14(18)9-17(2)10-15(19)16-13-6-7-13/h3-5,8,13H,6-7,9-10H2,1-2H3,(H,16,19). The van der Waals surface area contributed by atoms with Crippen LogP contribution in [0.4, 0.5) is 0 Å². The number of benzene rings is 1. The van der Waals surface area contributed by atoms with Gasteiger partial charge < -0.3 is 5.32 Å². The lowest BCUT2D eigenvalue weighted by atomic mass is 10.1. The number of rotatable bonds is 6. The first-order valence-electron chi connectivity index (χ1n) is 6.62. The van der Waals surface area contributed by atoms with Gasteiger partial charge >= 0.3 is 0 Å². The maximum absolute atomic E-state index is 12.0. The van der Waals surface area contributed by atoms with Gasteiger partial charge in [0.2, 0.25) is 5.91 Å². The van der Waals surface area contributed by atoms with Crippen molar-refractivity contribution in [2.24, 2.45) is 0 Å². The molecule has 0 spiro atoms. The van der Waals surface area contributed by atoms with E-state index in [4.69, 9.17) is 0 Å². The number of hydrogen-bond donors (Lipinski definition) is 1. The Morgan fingerprint density at radius 2 is 2.05 bits per heavy atom. The molecule has 1 amide bonds. The largest absolute Gasteiger partial charge is 0.352 e. The molecule has 1 N–H and O–H groups in total. The van der Waals surface area contributed by atoms with E-state index in [9.17, 15) is 9.59 Å². The van der Waals surface area contributed by atoms with E-state index in [1.807, 2.05) is 31.2 Å². The van der Waals surface area contributed by atoms with Crippen molar-refractivity contribution in [3.05, 3.63) is 35.4 Å². The van der Waals surface area contributed by atoms with E-state index in [0.29, 0.717) is 11.6 Å². The van der Waals surface area contributed by atoms with Crippen LogP contribution < -0.4 is 5.32 Å². The number of hydrogen-bond acceptors (Lipinski definition) is 3. The van der Waals surface area contributed by atoms with E-state index in [2.05, 4.69) is 5.32 Å². The molecule has 0 bridgehead atoms. The minimum atomic E-state index is 0.00189. The molecule has 0 saturated heterocycles. The Bertz CT molecular complexity index is 481. The maximum atomic E-state index is 12.0. The lowest BCUT2D eigenvalue weighted by Gasteiger charge is -2.15. The van der Waals surface area contributed by atoms with Crippen LogP contribution in [0.5, 0.6) is 0 Å². The molecule has 19 heavy (non-hydrogen) atoms. The van der Waals surface area contributed by atoms with Gasteiger partial charge in [-0.05, 0) is 32.9 Å². The van der Waals surface area contributed by atoms with Gasteiger partial charge in [0.15, 0.2) is 5.78 Å². The molecule has 1 aromatic carbocycles. The van der Waals surface area contributed by atoms with E-state index in [0.717, 1.165) is 18.4 Å². The number of Topliss-reactive ketones (excluding diaryl/α,β-unsaturated/α-hetero) is 1. The molecule has 2 rings (SSSR count). The average Bonchev–Trinajstić information content (AvgIpc) is 3.12. The van der Waals surface area contributed by atoms with E-state index < -0.39 is 0 Å². The smallest absolute Gasteiger partial charge is 0.234 e. The Morgan fingerprint density at radius 3 is 2.68 bits per heavy atom. The van der Waals surface area contributed by atoms with Crippen molar-refractivity contribution in [1.29, 1.82) is 0 Å². The highest BCUT2D eigenvalue weighted by molar-refractivity contribution is 5.98. The van der Waals surface area contributed by atoms with Crippen molar-refractivity contribution in [3.8, 4) is 0 Å². The van der Waals surface area contributed by atoms with Crippen molar-refractivity contribution in [2.45, 2.75) is 25.8 Å². The van der Waals surface area contributed by atoms with Crippen LogP contribution >= 0.6 is 0 Å². The topological polar surface area (TPSA) is 49.4 Å². The van der Waals surface area contributed by atoms with Crippen molar-refractivity contribution in [1.82, 2.24) is 10.2 Å². The maximum Gasteiger partial charge on any atom is 0.234 e. The van der Waals surface area contributed by atoms with Crippen LogP contribution in [-0.4, -0.2) is 42.8 Å². The summed E-state index contributed by atoms with van der Waals surface area (Å²) in [7, 11) is 1.79. The van der Waals surface area contributed by atoms with Crippen LogP contribution in [0.2, 0.25) is 0 Å². The lowest BCUT2D eigenvalue weighted by molar-refractivity contribution is -0.121. The number of carbonyl (C=O) groups is 2. The van der Waals surface area contributed by atoms with Crippen LogP contribution in [0.1, 0.15) is 28.8 Å². The second-order valence-corrected chi connectivity index (χ2v) is 5.31. The Balaban J connectivity index is 1.82. The zero-order valence-electron chi connectivity index (χ0n) is 11.5. The van der Waals surface area contributed by atoms with E-state index in [1.165, 1.54) is 0 Å². The molecule has 0 heterocycles. The van der Waals surface area contributed by atoms with Gasteiger partial charge in [0, 0.05) is 11.6 Å². The zero-order valence-corrected chi connectivity index (χ0v) is 11.5. The molecule has 0 aliphatic heterocycles. The highest BCUT2D eigenvalue weighted by Gasteiger charge is 2.23. The van der Waals surface area contributed by atoms with Crippen LogP contribution in [0.15, 0.2) is 24.3 Å². The van der Waals surface area contributed by atoms with Gasteiger partial charge in [0.25, 0.3) is 0 Å². The fourth-order valence-corrected chi connectivity index (χ4v) is 1.96. The number of ketones is 1. The van der Waals surface area contributed by atoms with Gasteiger partial charge in [-0.2, -0.15) is 0 Å². The molecule has 1 aliphatic carbocycles. The summed E-state index contributed by atoms with van der Waals surface area (Å²) in [6.07, 6.45) is 2.16. The van der Waals surface area contributed by atoms with Gasteiger partial charge in [-0.25, -0.2) is 0 Å². The summed E-state index contributed by atoms with van der Waals surface area (Å²) in [5.41, 5.74) is 1.77. The fraction of sp³-hybridized carbons (Fsp3) is 0.467. The molecule has 0 aromatic heterocycles. The molecule has 1 aliphatic rings. The Kier molecular flexibility index (Phi) is 4.32. The highest BCUT2D eigenvalue weighted by Crippen LogP contribution is 2.18. The molecule has 4 heteroatoms. The monoisotopic (exact) mass is 260 g/mol. The average molecular weight is 260 g/mol. The quantitative estimate of drug-likeness (QED) is 0.786. The Labute approximate surface area is 113 Å². The number of aryl methyl sites for hydroxylation is 1. The third kappa shape index (κ3) is 4.48. The predicted octanol–water partition coefficient (Wildman–Crippen LogP) is 1.39.